The highest BCUT2D eigenvalue weighted by atomic mass is 16.4. The van der Waals surface area contributed by atoms with E-state index < -0.39 is 150 Å². The standard InChI is InChI=1S/C69H108N18O13/c1-7-42(6)59(87-67(97)53(32-41(4)5)83-65(95)55(34-44-37-76-47-22-12-11-21-46(44)47)85-60(90)48(23-13-16-28-70)78-58(89)36-73)68(98)80-50(26-27-57(74)88)62(92)82-52(31-40(2)3)63(93)84-54(33-43-19-9-8-10-20-43)64(94)86-56(35-45-38-75-39-77-45)66(96)79-49(24-14-17-29-71)61(91)81-51(69(99)100)25-15-18-30-72/h8-12,19-22,37-42,48-56,59,76H,7,13-18,23-36,70-73H2,1-6H3,(H2,74,88)(H,75,77)(H,78,89)(H,79,96)(H,80,98)(H,81,91)(H,82,92)(H,83,95)(H,84,93)(H,85,90)(H,86,94)(H,87,97)(H,99,100)/t42-,48+,49+,50+,51+,52+,53+,54+,55+,56+,59+/m0/s1. The topological polar surface area (TPSA) is 520 Å². The smallest absolute Gasteiger partial charge is 0.326 e. The molecule has 0 radical (unpaired) electrons. The number of unbranched alkanes of at least 4 members (excludes halogenated alkanes) is 3. The lowest BCUT2D eigenvalue weighted by atomic mass is 9.95. The first kappa shape index (κ1) is 83.1. The van der Waals surface area contributed by atoms with Crippen molar-refractivity contribution >= 4 is 81.9 Å². The Labute approximate surface area is 584 Å². The van der Waals surface area contributed by atoms with Gasteiger partial charge in [0.05, 0.1) is 12.9 Å². The summed E-state index contributed by atoms with van der Waals surface area (Å²) in [5, 5.41) is 37.9. The number of imidazole rings is 1. The highest BCUT2D eigenvalue weighted by molar-refractivity contribution is 5.99. The predicted molar refractivity (Wildman–Crippen MR) is 376 cm³/mol. The molecule has 0 saturated carbocycles. The first-order chi connectivity index (χ1) is 47.7. The number of carboxylic acid groups (broad SMARTS) is 1. The van der Waals surface area contributed by atoms with E-state index in [4.69, 9.17) is 28.7 Å². The molecule has 2 aromatic heterocycles. The van der Waals surface area contributed by atoms with E-state index in [0.717, 1.165) is 10.9 Å². The lowest BCUT2D eigenvalue weighted by Gasteiger charge is -2.30. The molecule has 0 aliphatic rings. The predicted octanol–water partition coefficient (Wildman–Crippen LogP) is -0.399. The van der Waals surface area contributed by atoms with Gasteiger partial charge in [-0.3, -0.25) is 52.7 Å². The van der Waals surface area contributed by atoms with Crippen LogP contribution in [-0.4, -0.2) is 178 Å². The number of primary amides is 1. The van der Waals surface area contributed by atoms with Gasteiger partial charge in [0, 0.05) is 54.7 Å². The zero-order chi connectivity index (χ0) is 73.8. The molecule has 23 N–H and O–H groups in total. The van der Waals surface area contributed by atoms with Gasteiger partial charge >= 0.3 is 5.97 Å². The lowest BCUT2D eigenvalue weighted by molar-refractivity contribution is -0.142. The van der Waals surface area contributed by atoms with Crippen molar-refractivity contribution in [2.75, 3.05) is 26.2 Å². The van der Waals surface area contributed by atoms with Gasteiger partial charge in [0.15, 0.2) is 0 Å². The normalized spacial score (nSPS) is 14.6. The van der Waals surface area contributed by atoms with Gasteiger partial charge in [-0.15, -0.1) is 0 Å². The Morgan fingerprint density at radius 3 is 1.39 bits per heavy atom. The van der Waals surface area contributed by atoms with E-state index in [1.807, 2.05) is 38.1 Å². The van der Waals surface area contributed by atoms with Gasteiger partial charge in [0.25, 0.3) is 0 Å². The average Bonchev–Trinajstić information content (AvgIpc) is 1.60. The third-order valence-electron chi connectivity index (χ3n) is 17.0. The molecule has 0 spiro atoms. The van der Waals surface area contributed by atoms with Gasteiger partial charge < -0.3 is 96.9 Å². The number of carbonyl (C=O) groups is 12. The maximum absolute atomic E-state index is 14.8. The fourth-order valence-corrected chi connectivity index (χ4v) is 11.2. The number of fused-ring (bicyclic) bond motifs is 1. The summed E-state index contributed by atoms with van der Waals surface area (Å²) in [7, 11) is 0. The van der Waals surface area contributed by atoms with E-state index in [9.17, 15) is 62.6 Å². The largest absolute Gasteiger partial charge is 0.480 e. The molecular formula is C69H108N18O13. The highest BCUT2D eigenvalue weighted by Crippen LogP contribution is 2.21. The summed E-state index contributed by atoms with van der Waals surface area (Å²) in [5.74, 6) is -11.2. The van der Waals surface area contributed by atoms with Gasteiger partial charge in [-0.2, -0.15) is 0 Å². The molecule has 31 heteroatoms. The molecule has 4 aromatic rings. The molecule has 11 atom stereocenters. The molecule has 0 aliphatic carbocycles. The molecule has 0 bridgehead atoms. The number of benzene rings is 2. The Balaban J connectivity index is 1.65. The third kappa shape index (κ3) is 28.9. The fourth-order valence-electron chi connectivity index (χ4n) is 11.2. The van der Waals surface area contributed by atoms with E-state index in [2.05, 4.69) is 68.1 Å². The van der Waals surface area contributed by atoms with Gasteiger partial charge in [0.1, 0.15) is 60.4 Å². The van der Waals surface area contributed by atoms with E-state index in [1.165, 1.54) is 12.5 Å². The van der Waals surface area contributed by atoms with Crippen molar-refractivity contribution in [2.45, 2.75) is 211 Å². The number of amides is 11. The second-order valence-electron chi connectivity index (χ2n) is 26.2. The van der Waals surface area contributed by atoms with Crippen LogP contribution in [0.25, 0.3) is 10.9 Å². The lowest BCUT2D eigenvalue weighted by Crippen LogP contribution is -2.62. The zero-order valence-electron chi connectivity index (χ0n) is 58.5. The SMILES string of the molecule is CC[C@H](C)[C@@H](NC(=O)[C@@H](CC(C)C)NC(=O)[C@@H](Cc1c[nH]c2ccccc12)NC(=O)[C@@H](CCCCN)NC(=O)CN)C(=O)N[C@H](CCC(N)=O)C(=O)N[C@H](CC(C)C)C(=O)N[C@H](Cc1ccccc1)C(=O)N[C@H](Cc1cnc[nH]1)C(=O)N[C@H](CCCCN)C(=O)N[C@H](CCCCN)C(=O)O. The van der Waals surface area contributed by atoms with E-state index in [0.29, 0.717) is 74.9 Å². The van der Waals surface area contributed by atoms with Crippen LogP contribution in [0.5, 0.6) is 0 Å². The number of nitrogens with one attached hydrogen (secondary N) is 12. The molecule has 552 valence electrons. The fraction of sp³-hybridized carbons (Fsp3) is 0.580. The number of aromatic amines is 2. The Hall–Kier alpha value is -9.33. The molecule has 31 nitrogen and oxygen atoms in total. The Bertz CT molecular complexity index is 3280. The van der Waals surface area contributed by atoms with Crippen LogP contribution >= 0.6 is 0 Å². The van der Waals surface area contributed by atoms with Crippen LogP contribution in [-0.2, 0) is 76.8 Å². The van der Waals surface area contributed by atoms with Crippen molar-refractivity contribution in [1.29, 1.82) is 0 Å². The van der Waals surface area contributed by atoms with Gasteiger partial charge in [-0.05, 0) is 132 Å². The summed E-state index contributed by atoms with van der Waals surface area (Å²) in [6, 6.07) is 2.49. The van der Waals surface area contributed by atoms with Crippen molar-refractivity contribution in [3.63, 3.8) is 0 Å². The van der Waals surface area contributed by atoms with Crippen molar-refractivity contribution in [1.82, 2.24) is 68.1 Å². The molecule has 4 rings (SSSR count). The maximum atomic E-state index is 14.8. The molecule has 0 unspecified atom stereocenters. The molecule has 11 amide bonds. The number of carboxylic acids is 1. The molecule has 0 aliphatic heterocycles. The second-order valence-corrected chi connectivity index (χ2v) is 26.2. The summed E-state index contributed by atoms with van der Waals surface area (Å²) < 4.78 is 0. The Morgan fingerprint density at radius 2 is 0.900 bits per heavy atom. The summed E-state index contributed by atoms with van der Waals surface area (Å²) in [6.07, 6.45) is 6.77. The quantitative estimate of drug-likeness (QED) is 0.0250. The van der Waals surface area contributed by atoms with Crippen LogP contribution in [0.1, 0.15) is 148 Å². The monoisotopic (exact) mass is 1400 g/mol. The Kier molecular flexibility index (Phi) is 36.5. The maximum Gasteiger partial charge on any atom is 0.326 e. The van der Waals surface area contributed by atoms with Crippen LogP contribution < -0.4 is 81.8 Å². The minimum Gasteiger partial charge on any atom is -0.480 e. The number of H-pyrrole nitrogens is 2. The molecule has 100 heavy (non-hydrogen) atoms. The summed E-state index contributed by atoms with van der Waals surface area (Å²) in [4.78, 5) is 178. The van der Waals surface area contributed by atoms with E-state index in [-0.39, 0.29) is 76.2 Å². The number of hydrogen-bond donors (Lipinski definition) is 18. The van der Waals surface area contributed by atoms with Gasteiger partial charge in [-0.1, -0.05) is 96.5 Å². The van der Waals surface area contributed by atoms with Crippen molar-refractivity contribution in [3.05, 3.63) is 90.1 Å². The zero-order valence-corrected chi connectivity index (χ0v) is 58.5. The molecule has 2 heterocycles. The number of para-hydroxylation sites is 1. The number of carbonyl (C=O) groups excluding carboxylic acids is 11. The first-order valence-corrected chi connectivity index (χ1v) is 34.6. The molecule has 2 aromatic carbocycles. The van der Waals surface area contributed by atoms with Gasteiger partial charge in [-0.25, -0.2) is 9.78 Å². The minimum atomic E-state index is -1.56. The van der Waals surface area contributed by atoms with E-state index in [1.54, 1.807) is 64.2 Å². The number of hydrogen-bond acceptors (Lipinski definition) is 17. The summed E-state index contributed by atoms with van der Waals surface area (Å²) in [6.45, 7) is 11.2. The average molecular weight is 1400 g/mol. The number of aromatic nitrogens is 3. The van der Waals surface area contributed by atoms with Crippen LogP contribution in [0, 0.1) is 17.8 Å². The van der Waals surface area contributed by atoms with E-state index >= 15 is 0 Å². The van der Waals surface area contributed by atoms with Crippen LogP contribution in [0.15, 0.2) is 73.3 Å². The van der Waals surface area contributed by atoms with Crippen molar-refractivity contribution < 1.29 is 62.6 Å². The number of aliphatic carboxylic acids is 1. The third-order valence-corrected chi connectivity index (χ3v) is 17.0. The number of nitrogens with zero attached hydrogens (tertiary/aromatic N) is 1. The molecular weight excluding hydrogens is 1290 g/mol. The van der Waals surface area contributed by atoms with Crippen molar-refractivity contribution in [3.8, 4) is 0 Å². The first-order valence-electron chi connectivity index (χ1n) is 34.6. The van der Waals surface area contributed by atoms with Crippen molar-refractivity contribution in [2.24, 2.45) is 46.4 Å². The number of rotatable bonds is 48. The van der Waals surface area contributed by atoms with Gasteiger partial charge in [0.2, 0.25) is 65.0 Å². The minimum absolute atomic E-state index is 0.0248. The molecule has 0 saturated heterocycles. The van der Waals surface area contributed by atoms with Crippen LogP contribution in [0.4, 0.5) is 0 Å². The summed E-state index contributed by atoms with van der Waals surface area (Å²) in [5.41, 5.74) is 30.7. The Morgan fingerprint density at radius 1 is 0.470 bits per heavy atom. The number of nitrogens with two attached hydrogens (primary N) is 5. The molecule has 0 fully saturated rings. The second kappa shape index (κ2) is 43.9. The van der Waals surface area contributed by atoms with Crippen LogP contribution in [0.2, 0.25) is 0 Å². The van der Waals surface area contributed by atoms with Crippen LogP contribution in [0.3, 0.4) is 0 Å². The highest BCUT2D eigenvalue weighted by Gasteiger charge is 2.38. The summed E-state index contributed by atoms with van der Waals surface area (Å²) >= 11 is 0.